The van der Waals surface area contributed by atoms with Crippen molar-refractivity contribution in [2.75, 3.05) is 31.1 Å². The molecule has 0 atom stereocenters. The van der Waals surface area contributed by atoms with Crippen LogP contribution < -0.4 is 10.2 Å². The summed E-state index contributed by atoms with van der Waals surface area (Å²) in [5.41, 5.74) is 1.95. The minimum absolute atomic E-state index is 0.923. The van der Waals surface area contributed by atoms with E-state index in [0.717, 1.165) is 43.3 Å². The zero-order valence-corrected chi connectivity index (χ0v) is 10.1. The molecule has 3 heterocycles. The molecule has 92 valence electrons. The Bertz CT molecular complexity index is 508. The van der Waals surface area contributed by atoms with Crippen molar-refractivity contribution in [1.29, 1.82) is 0 Å². The van der Waals surface area contributed by atoms with Gasteiger partial charge in [0.1, 0.15) is 12.1 Å². The Morgan fingerprint density at radius 2 is 2.06 bits per heavy atom. The number of pyridine rings is 1. The van der Waals surface area contributed by atoms with Gasteiger partial charge < -0.3 is 10.2 Å². The lowest BCUT2D eigenvalue weighted by Gasteiger charge is -2.28. The molecular formula is C13H15N5. The van der Waals surface area contributed by atoms with Crippen LogP contribution in [0.15, 0.2) is 36.9 Å². The topological polar surface area (TPSA) is 53.9 Å². The maximum atomic E-state index is 4.36. The van der Waals surface area contributed by atoms with Crippen LogP contribution >= 0.6 is 0 Å². The molecule has 1 saturated heterocycles. The van der Waals surface area contributed by atoms with E-state index in [4.69, 9.17) is 0 Å². The van der Waals surface area contributed by atoms with E-state index in [1.165, 1.54) is 0 Å². The van der Waals surface area contributed by atoms with Crippen LogP contribution in [-0.2, 0) is 0 Å². The van der Waals surface area contributed by atoms with Crippen LogP contribution in [0.2, 0.25) is 0 Å². The lowest BCUT2D eigenvalue weighted by Crippen LogP contribution is -2.43. The predicted octanol–water partition coefficient (Wildman–Crippen LogP) is 0.948. The summed E-state index contributed by atoms with van der Waals surface area (Å²) in [6.07, 6.45) is 5.21. The molecule has 0 radical (unpaired) electrons. The maximum absolute atomic E-state index is 4.36. The van der Waals surface area contributed by atoms with Gasteiger partial charge in [-0.05, 0) is 12.1 Å². The summed E-state index contributed by atoms with van der Waals surface area (Å²) in [6, 6.07) is 5.96. The predicted molar refractivity (Wildman–Crippen MR) is 70.3 cm³/mol. The van der Waals surface area contributed by atoms with Gasteiger partial charge in [-0.3, -0.25) is 4.98 Å². The van der Waals surface area contributed by atoms with Crippen molar-refractivity contribution < 1.29 is 0 Å². The van der Waals surface area contributed by atoms with Gasteiger partial charge in [0.05, 0.1) is 5.69 Å². The van der Waals surface area contributed by atoms with Gasteiger partial charge in [-0.15, -0.1) is 0 Å². The molecule has 0 unspecified atom stereocenters. The van der Waals surface area contributed by atoms with Crippen LogP contribution in [0.25, 0.3) is 11.3 Å². The van der Waals surface area contributed by atoms with E-state index in [1.54, 1.807) is 12.5 Å². The van der Waals surface area contributed by atoms with E-state index in [0.29, 0.717) is 0 Å². The molecule has 0 aliphatic carbocycles. The number of nitrogens with one attached hydrogen (secondary N) is 1. The average Bonchev–Trinajstić information content (AvgIpc) is 2.49. The van der Waals surface area contributed by atoms with Gasteiger partial charge in [0.2, 0.25) is 0 Å². The zero-order valence-electron chi connectivity index (χ0n) is 10.1. The molecule has 1 aliphatic rings. The zero-order chi connectivity index (χ0) is 12.2. The van der Waals surface area contributed by atoms with Crippen molar-refractivity contribution in [1.82, 2.24) is 20.3 Å². The molecule has 3 rings (SSSR count). The highest BCUT2D eigenvalue weighted by atomic mass is 15.2. The quantitative estimate of drug-likeness (QED) is 0.848. The first-order valence-electron chi connectivity index (χ1n) is 6.11. The summed E-state index contributed by atoms with van der Waals surface area (Å²) in [5.74, 6) is 0.991. The lowest BCUT2D eigenvalue weighted by molar-refractivity contribution is 0.584. The number of hydrogen-bond acceptors (Lipinski definition) is 5. The minimum Gasteiger partial charge on any atom is -0.354 e. The molecule has 1 N–H and O–H groups in total. The Morgan fingerprint density at radius 1 is 1.17 bits per heavy atom. The number of piperazine rings is 1. The first-order chi connectivity index (χ1) is 8.93. The highest BCUT2D eigenvalue weighted by molar-refractivity contribution is 5.61. The lowest BCUT2D eigenvalue weighted by atomic mass is 10.2. The Balaban J connectivity index is 1.89. The summed E-state index contributed by atoms with van der Waals surface area (Å²) < 4.78 is 0. The Hall–Kier alpha value is -2.01. The van der Waals surface area contributed by atoms with Crippen molar-refractivity contribution in [3.05, 3.63) is 36.9 Å². The van der Waals surface area contributed by atoms with Crippen LogP contribution in [0.5, 0.6) is 0 Å². The number of anilines is 1. The fourth-order valence-electron chi connectivity index (χ4n) is 2.09. The molecule has 5 heteroatoms. The standard InChI is InChI=1S/C13H15N5/c1-2-11(9-15-3-1)12-8-13(17-10-16-12)18-6-4-14-5-7-18/h1-3,8-10,14H,4-7H2. The second kappa shape index (κ2) is 5.10. The Morgan fingerprint density at radius 3 is 2.83 bits per heavy atom. The van der Waals surface area contributed by atoms with Crippen molar-refractivity contribution >= 4 is 5.82 Å². The SMILES string of the molecule is c1cncc(-c2cc(N3CCNCC3)ncn2)c1. The van der Waals surface area contributed by atoms with Crippen molar-refractivity contribution in [2.45, 2.75) is 0 Å². The highest BCUT2D eigenvalue weighted by Gasteiger charge is 2.12. The fourth-order valence-corrected chi connectivity index (χ4v) is 2.09. The van der Waals surface area contributed by atoms with Crippen molar-refractivity contribution in [2.24, 2.45) is 0 Å². The molecule has 0 aromatic carbocycles. The molecule has 1 aliphatic heterocycles. The molecule has 0 spiro atoms. The monoisotopic (exact) mass is 241 g/mol. The second-order valence-electron chi connectivity index (χ2n) is 4.24. The molecule has 2 aromatic heterocycles. The van der Waals surface area contributed by atoms with E-state index in [9.17, 15) is 0 Å². The van der Waals surface area contributed by atoms with E-state index in [1.807, 2.05) is 24.4 Å². The molecule has 2 aromatic rings. The van der Waals surface area contributed by atoms with Crippen LogP contribution in [0.4, 0.5) is 5.82 Å². The third-order valence-corrected chi connectivity index (χ3v) is 3.05. The first kappa shape index (κ1) is 11.1. The fraction of sp³-hybridized carbons (Fsp3) is 0.308. The van der Waals surface area contributed by atoms with Gasteiger partial charge in [-0.25, -0.2) is 9.97 Å². The van der Waals surface area contributed by atoms with Gasteiger partial charge in [-0.2, -0.15) is 0 Å². The molecule has 5 nitrogen and oxygen atoms in total. The van der Waals surface area contributed by atoms with Crippen LogP contribution in [0, 0.1) is 0 Å². The average molecular weight is 241 g/mol. The van der Waals surface area contributed by atoms with Gasteiger partial charge in [0, 0.05) is 50.2 Å². The largest absolute Gasteiger partial charge is 0.354 e. The van der Waals surface area contributed by atoms with E-state index in [2.05, 4.69) is 25.2 Å². The van der Waals surface area contributed by atoms with Crippen molar-refractivity contribution in [3.63, 3.8) is 0 Å². The molecule has 18 heavy (non-hydrogen) atoms. The van der Waals surface area contributed by atoms with Crippen LogP contribution in [0.3, 0.4) is 0 Å². The van der Waals surface area contributed by atoms with Gasteiger partial charge in [0.15, 0.2) is 0 Å². The molecular weight excluding hydrogens is 226 g/mol. The number of hydrogen-bond donors (Lipinski definition) is 1. The summed E-state index contributed by atoms with van der Waals surface area (Å²) in [5, 5.41) is 3.34. The van der Waals surface area contributed by atoms with Crippen LogP contribution in [-0.4, -0.2) is 41.1 Å². The normalized spacial score (nSPS) is 15.7. The number of rotatable bonds is 2. The minimum atomic E-state index is 0.923. The summed E-state index contributed by atoms with van der Waals surface area (Å²) >= 11 is 0. The Labute approximate surface area is 106 Å². The molecule has 0 saturated carbocycles. The summed E-state index contributed by atoms with van der Waals surface area (Å²) in [7, 11) is 0. The summed E-state index contributed by atoms with van der Waals surface area (Å²) in [4.78, 5) is 15.1. The third kappa shape index (κ3) is 2.31. The van der Waals surface area contributed by atoms with Gasteiger partial charge in [0.25, 0.3) is 0 Å². The maximum Gasteiger partial charge on any atom is 0.132 e. The molecule has 0 amide bonds. The van der Waals surface area contributed by atoms with Crippen molar-refractivity contribution in [3.8, 4) is 11.3 Å². The second-order valence-corrected chi connectivity index (χ2v) is 4.24. The third-order valence-electron chi connectivity index (χ3n) is 3.05. The smallest absolute Gasteiger partial charge is 0.132 e. The number of nitrogens with zero attached hydrogens (tertiary/aromatic N) is 4. The molecule has 0 bridgehead atoms. The molecule has 1 fully saturated rings. The van der Waals surface area contributed by atoms with E-state index in [-0.39, 0.29) is 0 Å². The number of aromatic nitrogens is 3. The van der Waals surface area contributed by atoms with E-state index < -0.39 is 0 Å². The highest BCUT2D eigenvalue weighted by Crippen LogP contribution is 2.19. The van der Waals surface area contributed by atoms with Gasteiger partial charge in [-0.1, -0.05) is 0 Å². The Kier molecular flexibility index (Phi) is 3.14. The van der Waals surface area contributed by atoms with E-state index >= 15 is 0 Å². The van der Waals surface area contributed by atoms with Gasteiger partial charge >= 0.3 is 0 Å². The van der Waals surface area contributed by atoms with Crippen LogP contribution in [0.1, 0.15) is 0 Å². The summed E-state index contributed by atoms with van der Waals surface area (Å²) in [6.45, 7) is 3.99. The first-order valence-corrected chi connectivity index (χ1v) is 6.11.